The zero-order valence-corrected chi connectivity index (χ0v) is 18.1. The minimum absolute atomic E-state index is 0.224. The summed E-state index contributed by atoms with van der Waals surface area (Å²) in [6, 6.07) is 18.4. The van der Waals surface area contributed by atoms with Gasteiger partial charge in [0.1, 0.15) is 11.6 Å². The minimum Gasteiger partial charge on any atom is -0.422 e. The lowest BCUT2D eigenvalue weighted by molar-refractivity contribution is -0.120. The number of hydrazone groups is 1. The molecule has 0 aromatic heterocycles. The summed E-state index contributed by atoms with van der Waals surface area (Å²) >= 11 is 3.34. The number of rotatable bonds is 7. The SMILES string of the molecule is O=C(CNC(=O)c1ccc(F)cc1)N/N=C/c1cc(Br)ccc1OC(=O)c1ccccc1. The highest BCUT2D eigenvalue weighted by atomic mass is 79.9. The summed E-state index contributed by atoms with van der Waals surface area (Å²) in [5, 5.41) is 6.26. The van der Waals surface area contributed by atoms with E-state index in [1.54, 1.807) is 48.5 Å². The van der Waals surface area contributed by atoms with E-state index in [1.165, 1.54) is 18.3 Å². The van der Waals surface area contributed by atoms with Crippen LogP contribution in [0.15, 0.2) is 82.4 Å². The standard InChI is InChI=1S/C23H17BrFN3O4/c24-18-8-11-20(32-23(31)16-4-2-1-3-5-16)17(12-18)13-27-28-21(29)14-26-22(30)15-6-9-19(25)10-7-15/h1-13H,14H2,(H,26,30)(H,28,29)/b27-13+. The number of carbonyl (C=O) groups is 3. The van der Waals surface area contributed by atoms with E-state index in [9.17, 15) is 18.8 Å². The monoisotopic (exact) mass is 497 g/mol. The summed E-state index contributed by atoms with van der Waals surface area (Å²) in [5.41, 5.74) is 3.34. The van der Waals surface area contributed by atoms with Crippen molar-refractivity contribution in [1.29, 1.82) is 0 Å². The Morgan fingerprint density at radius 1 is 0.969 bits per heavy atom. The number of nitrogens with one attached hydrogen (secondary N) is 2. The van der Waals surface area contributed by atoms with Gasteiger partial charge in [0.15, 0.2) is 0 Å². The van der Waals surface area contributed by atoms with Crippen molar-refractivity contribution in [2.24, 2.45) is 5.10 Å². The third-order valence-electron chi connectivity index (χ3n) is 4.09. The first-order chi connectivity index (χ1) is 15.4. The van der Waals surface area contributed by atoms with E-state index in [0.29, 0.717) is 11.1 Å². The number of esters is 1. The smallest absolute Gasteiger partial charge is 0.343 e. The molecule has 0 unspecified atom stereocenters. The maximum atomic E-state index is 12.9. The molecule has 0 radical (unpaired) electrons. The van der Waals surface area contributed by atoms with Crippen molar-refractivity contribution < 1.29 is 23.5 Å². The number of amides is 2. The van der Waals surface area contributed by atoms with Crippen molar-refractivity contribution in [3.05, 3.63) is 99.8 Å². The molecule has 0 atom stereocenters. The molecule has 9 heteroatoms. The number of nitrogens with zero attached hydrogens (tertiary/aromatic N) is 1. The molecule has 0 saturated heterocycles. The fourth-order valence-corrected chi connectivity index (χ4v) is 2.90. The van der Waals surface area contributed by atoms with E-state index in [4.69, 9.17) is 4.74 Å². The highest BCUT2D eigenvalue weighted by Crippen LogP contribution is 2.22. The van der Waals surface area contributed by atoms with Crippen LogP contribution in [-0.2, 0) is 4.79 Å². The molecule has 0 aliphatic heterocycles. The molecule has 0 fully saturated rings. The van der Waals surface area contributed by atoms with Gasteiger partial charge >= 0.3 is 5.97 Å². The molecular weight excluding hydrogens is 481 g/mol. The van der Waals surface area contributed by atoms with Gasteiger partial charge in [0.2, 0.25) is 0 Å². The van der Waals surface area contributed by atoms with Crippen LogP contribution in [0.4, 0.5) is 4.39 Å². The van der Waals surface area contributed by atoms with Crippen LogP contribution in [0.2, 0.25) is 0 Å². The summed E-state index contributed by atoms with van der Waals surface area (Å²) in [5.74, 6) is -1.84. The molecule has 3 aromatic rings. The third kappa shape index (κ3) is 6.58. The van der Waals surface area contributed by atoms with Crippen LogP contribution in [0.3, 0.4) is 0 Å². The molecule has 2 N–H and O–H groups in total. The molecule has 0 aliphatic rings. The predicted molar refractivity (Wildman–Crippen MR) is 120 cm³/mol. The molecule has 0 heterocycles. The van der Waals surface area contributed by atoms with Crippen LogP contribution >= 0.6 is 15.9 Å². The van der Waals surface area contributed by atoms with Gasteiger partial charge in [0.05, 0.1) is 18.3 Å². The molecule has 2 amide bonds. The van der Waals surface area contributed by atoms with Crippen LogP contribution in [0.1, 0.15) is 26.3 Å². The Bertz CT molecular complexity index is 1150. The molecule has 0 bridgehead atoms. The summed E-state index contributed by atoms with van der Waals surface area (Å²) < 4.78 is 19.1. The number of hydrogen-bond acceptors (Lipinski definition) is 5. The molecule has 7 nitrogen and oxygen atoms in total. The normalized spacial score (nSPS) is 10.6. The number of ether oxygens (including phenoxy) is 1. The van der Waals surface area contributed by atoms with E-state index in [1.807, 2.05) is 0 Å². The van der Waals surface area contributed by atoms with Crippen molar-refractivity contribution in [2.75, 3.05) is 6.54 Å². The van der Waals surface area contributed by atoms with Gasteiger partial charge in [-0.2, -0.15) is 5.10 Å². The van der Waals surface area contributed by atoms with E-state index < -0.39 is 23.6 Å². The Morgan fingerprint density at radius 3 is 2.41 bits per heavy atom. The summed E-state index contributed by atoms with van der Waals surface area (Å²) in [4.78, 5) is 36.2. The number of benzene rings is 3. The van der Waals surface area contributed by atoms with Crippen LogP contribution in [0, 0.1) is 5.82 Å². The van der Waals surface area contributed by atoms with Gasteiger partial charge in [-0.1, -0.05) is 34.1 Å². The Labute approximate surface area is 191 Å². The lowest BCUT2D eigenvalue weighted by atomic mass is 10.2. The molecule has 32 heavy (non-hydrogen) atoms. The summed E-state index contributed by atoms with van der Waals surface area (Å²) in [7, 11) is 0. The van der Waals surface area contributed by atoms with Gasteiger partial charge in [-0.15, -0.1) is 0 Å². The molecular formula is C23H17BrFN3O4. The highest BCUT2D eigenvalue weighted by molar-refractivity contribution is 9.10. The number of halogens is 2. The van der Waals surface area contributed by atoms with Crippen LogP contribution in [0.25, 0.3) is 0 Å². The van der Waals surface area contributed by atoms with E-state index in [0.717, 1.165) is 16.6 Å². The first kappa shape index (κ1) is 22.8. The molecule has 0 saturated carbocycles. The van der Waals surface area contributed by atoms with Crippen molar-refractivity contribution >= 4 is 39.9 Å². The second-order valence-electron chi connectivity index (χ2n) is 6.42. The largest absolute Gasteiger partial charge is 0.422 e. The molecule has 0 aliphatic carbocycles. The molecule has 3 rings (SSSR count). The van der Waals surface area contributed by atoms with Crippen LogP contribution in [-0.4, -0.2) is 30.5 Å². The van der Waals surface area contributed by atoms with E-state index in [2.05, 4.69) is 31.8 Å². The number of hydrogen-bond donors (Lipinski definition) is 2. The van der Waals surface area contributed by atoms with Crippen LogP contribution in [0.5, 0.6) is 5.75 Å². The Kier molecular flexibility index (Phi) is 7.82. The van der Waals surface area contributed by atoms with E-state index in [-0.39, 0.29) is 17.9 Å². The second kappa shape index (κ2) is 11.0. The molecule has 162 valence electrons. The van der Waals surface area contributed by atoms with E-state index >= 15 is 0 Å². The van der Waals surface area contributed by atoms with Crippen molar-refractivity contribution in [3.63, 3.8) is 0 Å². The third-order valence-corrected chi connectivity index (χ3v) is 4.59. The second-order valence-corrected chi connectivity index (χ2v) is 7.34. The lowest BCUT2D eigenvalue weighted by Gasteiger charge is -2.08. The zero-order valence-electron chi connectivity index (χ0n) is 16.5. The minimum atomic E-state index is -0.575. The highest BCUT2D eigenvalue weighted by Gasteiger charge is 2.12. The molecule has 0 spiro atoms. The van der Waals surface area contributed by atoms with Crippen LogP contribution < -0.4 is 15.5 Å². The predicted octanol–water partition coefficient (Wildman–Crippen LogP) is 3.69. The van der Waals surface area contributed by atoms with Crippen molar-refractivity contribution in [3.8, 4) is 5.75 Å². The maximum absolute atomic E-state index is 12.9. The Hall–Kier alpha value is -3.85. The fourth-order valence-electron chi connectivity index (χ4n) is 2.52. The fraction of sp³-hybridized carbons (Fsp3) is 0.0435. The first-order valence-corrected chi connectivity index (χ1v) is 10.1. The average Bonchev–Trinajstić information content (AvgIpc) is 2.80. The summed E-state index contributed by atoms with van der Waals surface area (Å²) in [6.45, 7) is -0.331. The first-order valence-electron chi connectivity index (χ1n) is 9.35. The molecule has 3 aromatic carbocycles. The lowest BCUT2D eigenvalue weighted by Crippen LogP contribution is -2.34. The zero-order chi connectivity index (χ0) is 22.9. The van der Waals surface area contributed by atoms with Gasteiger partial charge in [0.25, 0.3) is 11.8 Å². The van der Waals surface area contributed by atoms with Gasteiger partial charge in [-0.05, 0) is 54.6 Å². The topological polar surface area (TPSA) is 96.9 Å². The maximum Gasteiger partial charge on any atom is 0.343 e. The van der Waals surface area contributed by atoms with Crippen molar-refractivity contribution in [1.82, 2.24) is 10.7 Å². The van der Waals surface area contributed by atoms with Gasteiger partial charge in [-0.25, -0.2) is 14.6 Å². The quantitative estimate of drug-likeness (QED) is 0.225. The summed E-state index contributed by atoms with van der Waals surface area (Å²) in [6.07, 6.45) is 1.32. The van der Waals surface area contributed by atoms with Gasteiger partial charge in [0, 0.05) is 15.6 Å². The number of carbonyl (C=O) groups excluding carboxylic acids is 3. The van der Waals surface area contributed by atoms with Gasteiger partial charge < -0.3 is 10.1 Å². The van der Waals surface area contributed by atoms with Gasteiger partial charge in [-0.3, -0.25) is 9.59 Å². The van der Waals surface area contributed by atoms with Crippen molar-refractivity contribution in [2.45, 2.75) is 0 Å². The Balaban J connectivity index is 1.57. The average molecular weight is 498 g/mol. The Morgan fingerprint density at radius 2 is 1.69 bits per heavy atom.